The summed E-state index contributed by atoms with van der Waals surface area (Å²) in [6.07, 6.45) is 21.5. The number of hydrogen-bond acceptors (Lipinski definition) is 5. The third-order valence-corrected chi connectivity index (χ3v) is 6.35. The largest absolute Gasteiger partial charge is 0.508 e. The van der Waals surface area contributed by atoms with Crippen LogP contribution in [0.25, 0.3) is 0 Å². The molecule has 1 aromatic carbocycles. The standard InChI is InChI=1S/C30H50O5/c1-3-5-7-9-11-13-15-17-19-21-34-29(32)26-23-27(25-28(31)24-26)30(33)35-22-20-18-16-14-12-10-8-6-4-2/h23-25,31H,3-22H2,1-2H3. The molecule has 0 saturated carbocycles. The first kappa shape index (κ1) is 31.0. The van der Waals surface area contributed by atoms with E-state index in [0.29, 0.717) is 13.2 Å². The van der Waals surface area contributed by atoms with Crippen LogP contribution in [0.1, 0.15) is 150 Å². The van der Waals surface area contributed by atoms with Crippen molar-refractivity contribution in [2.75, 3.05) is 13.2 Å². The van der Waals surface area contributed by atoms with Crippen molar-refractivity contribution < 1.29 is 24.2 Å². The number of phenolic OH excluding ortho intramolecular Hbond substituents is 1. The van der Waals surface area contributed by atoms with Crippen molar-refractivity contribution in [2.45, 2.75) is 129 Å². The first-order valence-corrected chi connectivity index (χ1v) is 14.3. The predicted octanol–water partition coefficient (Wildman–Crippen LogP) is 8.77. The van der Waals surface area contributed by atoms with Gasteiger partial charge in [0.05, 0.1) is 24.3 Å². The van der Waals surface area contributed by atoms with Crippen molar-refractivity contribution in [1.29, 1.82) is 0 Å². The topological polar surface area (TPSA) is 72.8 Å². The van der Waals surface area contributed by atoms with E-state index in [-0.39, 0.29) is 16.9 Å². The van der Waals surface area contributed by atoms with Crippen LogP contribution in [-0.4, -0.2) is 30.3 Å². The maximum Gasteiger partial charge on any atom is 0.338 e. The average Bonchev–Trinajstić information content (AvgIpc) is 2.85. The first-order valence-electron chi connectivity index (χ1n) is 14.3. The molecule has 200 valence electrons. The zero-order chi connectivity index (χ0) is 25.6. The molecule has 0 aliphatic rings. The van der Waals surface area contributed by atoms with Crippen LogP contribution in [0.4, 0.5) is 0 Å². The minimum absolute atomic E-state index is 0.141. The van der Waals surface area contributed by atoms with Crippen LogP contribution < -0.4 is 0 Å². The molecular weight excluding hydrogens is 440 g/mol. The summed E-state index contributed by atoms with van der Waals surface area (Å²) in [7, 11) is 0. The van der Waals surface area contributed by atoms with Gasteiger partial charge in [-0.05, 0) is 31.0 Å². The number of phenols is 1. The quantitative estimate of drug-likeness (QED) is 0.130. The Hall–Kier alpha value is -2.04. The van der Waals surface area contributed by atoms with Gasteiger partial charge in [0.15, 0.2) is 0 Å². The molecule has 0 aliphatic carbocycles. The molecule has 0 amide bonds. The van der Waals surface area contributed by atoms with Gasteiger partial charge in [-0.1, -0.05) is 117 Å². The maximum absolute atomic E-state index is 12.4. The molecule has 0 bridgehead atoms. The first-order chi connectivity index (χ1) is 17.1. The van der Waals surface area contributed by atoms with E-state index >= 15 is 0 Å². The number of carbonyl (C=O) groups is 2. The molecule has 1 rings (SSSR count). The van der Waals surface area contributed by atoms with Gasteiger partial charge in [-0.3, -0.25) is 0 Å². The Bertz CT molecular complexity index is 631. The lowest BCUT2D eigenvalue weighted by Gasteiger charge is -2.09. The van der Waals surface area contributed by atoms with Gasteiger partial charge in [0, 0.05) is 0 Å². The fourth-order valence-electron chi connectivity index (χ4n) is 4.17. The van der Waals surface area contributed by atoms with Crippen LogP contribution in [0.2, 0.25) is 0 Å². The number of rotatable bonds is 22. The van der Waals surface area contributed by atoms with Crippen LogP contribution in [0.3, 0.4) is 0 Å². The summed E-state index contributed by atoms with van der Waals surface area (Å²) in [6, 6.07) is 4.10. The number of esters is 2. The van der Waals surface area contributed by atoms with E-state index in [1.807, 2.05) is 0 Å². The van der Waals surface area contributed by atoms with E-state index in [0.717, 1.165) is 38.5 Å². The minimum atomic E-state index is -0.520. The van der Waals surface area contributed by atoms with Gasteiger partial charge in [-0.15, -0.1) is 0 Å². The summed E-state index contributed by atoms with van der Waals surface area (Å²) >= 11 is 0. The van der Waals surface area contributed by atoms with Crippen molar-refractivity contribution in [2.24, 2.45) is 0 Å². The highest BCUT2D eigenvalue weighted by Gasteiger charge is 2.15. The van der Waals surface area contributed by atoms with Crippen LogP contribution in [0.15, 0.2) is 18.2 Å². The molecular formula is C30H50O5. The second-order valence-electron chi connectivity index (χ2n) is 9.70. The normalized spacial score (nSPS) is 10.9. The van der Waals surface area contributed by atoms with Crippen molar-refractivity contribution in [3.05, 3.63) is 29.3 Å². The lowest BCUT2D eigenvalue weighted by Crippen LogP contribution is -2.10. The van der Waals surface area contributed by atoms with E-state index < -0.39 is 11.9 Å². The monoisotopic (exact) mass is 490 g/mol. The molecule has 1 N–H and O–H groups in total. The summed E-state index contributed by atoms with van der Waals surface area (Å²) in [6.45, 7) is 5.15. The van der Waals surface area contributed by atoms with Gasteiger partial charge in [0.1, 0.15) is 5.75 Å². The Labute approximate surface area is 214 Å². The number of unbranched alkanes of at least 4 members (excludes halogenated alkanes) is 16. The molecule has 0 atom stereocenters. The van der Waals surface area contributed by atoms with E-state index in [1.54, 1.807) is 0 Å². The van der Waals surface area contributed by atoms with E-state index in [1.165, 1.54) is 95.2 Å². The van der Waals surface area contributed by atoms with E-state index in [2.05, 4.69) is 13.8 Å². The molecule has 1 aromatic rings. The van der Waals surface area contributed by atoms with Gasteiger partial charge in [0.25, 0.3) is 0 Å². The number of benzene rings is 1. The minimum Gasteiger partial charge on any atom is -0.508 e. The molecule has 0 radical (unpaired) electrons. The molecule has 0 unspecified atom stereocenters. The van der Waals surface area contributed by atoms with Gasteiger partial charge >= 0.3 is 11.9 Å². The number of carbonyl (C=O) groups excluding carboxylic acids is 2. The van der Waals surface area contributed by atoms with Crippen molar-refractivity contribution in [3.63, 3.8) is 0 Å². The Morgan fingerprint density at radius 1 is 0.543 bits per heavy atom. The van der Waals surface area contributed by atoms with Crippen LogP contribution >= 0.6 is 0 Å². The smallest absolute Gasteiger partial charge is 0.338 e. The summed E-state index contributed by atoms with van der Waals surface area (Å²) < 4.78 is 10.7. The Morgan fingerprint density at radius 3 is 1.20 bits per heavy atom. The molecule has 35 heavy (non-hydrogen) atoms. The van der Waals surface area contributed by atoms with Crippen molar-refractivity contribution >= 4 is 11.9 Å². The third kappa shape index (κ3) is 16.3. The maximum atomic E-state index is 12.4. The summed E-state index contributed by atoms with van der Waals surface area (Å²) in [5, 5.41) is 9.97. The number of hydrogen-bond donors (Lipinski definition) is 1. The highest BCUT2D eigenvalue weighted by Crippen LogP contribution is 2.18. The van der Waals surface area contributed by atoms with Gasteiger partial charge in [0.2, 0.25) is 0 Å². The fourth-order valence-corrected chi connectivity index (χ4v) is 4.17. The molecule has 0 aliphatic heterocycles. The van der Waals surface area contributed by atoms with Gasteiger partial charge in [-0.2, -0.15) is 0 Å². The van der Waals surface area contributed by atoms with E-state index in [9.17, 15) is 14.7 Å². The molecule has 5 heteroatoms. The highest BCUT2D eigenvalue weighted by atomic mass is 16.5. The lowest BCUT2D eigenvalue weighted by molar-refractivity contribution is 0.0495. The molecule has 0 saturated heterocycles. The SMILES string of the molecule is CCCCCCCCCCCOC(=O)c1cc(O)cc(C(=O)OCCCCCCCCCCC)c1. The van der Waals surface area contributed by atoms with Crippen LogP contribution in [-0.2, 0) is 9.47 Å². The second-order valence-corrected chi connectivity index (χ2v) is 9.70. The van der Waals surface area contributed by atoms with Crippen LogP contribution in [0.5, 0.6) is 5.75 Å². The molecule has 0 aromatic heterocycles. The Kier molecular flexibility index (Phi) is 18.8. The molecule has 5 nitrogen and oxygen atoms in total. The molecule has 0 heterocycles. The fraction of sp³-hybridized carbons (Fsp3) is 0.733. The molecule has 0 spiro atoms. The number of aromatic hydroxyl groups is 1. The summed E-state index contributed by atoms with van der Waals surface area (Å²) in [5.74, 6) is -1.18. The van der Waals surface area contributed by atoms with E-state index in [4.69, 9.17) is 9.47 Å². The Balaban J connectivity index is 2.22. The second kappa shape index (κ2) is 21.3. The highest BCUT2D eigenvalue weighted by molar-refractivity contribution is 5.96. The van der Waals surface area contributed by atoms with Crippen LogP contribution in [0, 0.1) is 0 Å². The van der Waals surface area contributed by atoms with Crippen molar-refractivity contribution in [1.82, 2.24) is 0 Å². The molecule has 0 fully saturated rings. The summed E-state index contributed by atoms with van der Waals surface area (Å²) in [5.41, 5.74) is 0.354. The summed E-state index contributed by atoms with van der Waals surface area (Å²) in [4.78, 5) is 24.7. The average molecular weight is 491 g/mol. The zero-order valence-electron chi connectivity index (χ0n) is 22.5. The zero-order valence-corrected chi connectivity index (χ0v) is 22.5. The third-order valence-electron chi connectivity index (χ3n) is 6.35. The van der Waals surface area contributed by atoms with Gasteiger partial charge in [-0.25, -0.2) is 9.59 Å². The predicted molar refractivity (Wildman–Crippen MR) is 143 cm³/mol. The van der Waals surface area contributed by atoms with Crippen molar-refractivity contribution in [3.8, 4) is 5.75 Å². The Morgan fingerprint density at radius 2 is 0.857 bits per heavy atom. The van der Waals surface area contributed by atoms with Gasteiger partial charge < -0.3 is 14.6 Å². The number of ether oxygens (including phenoxy) is 2. The lowest BCUT2D eigenvalue weighted by atomic mass is 10.1.